The average molecular weight is 163 g/mol. The fraction of sp³-hybridized carbons (Fsp3) is 0.500. The molecule has 0 spiro atoms. The maximum Gasteiger partial charge on any atom is 0.421 e. The van der Waals surface area contributed by atoms with Crippen LogP contribution in [0.1, 0.15) is 0 Å². The van der Waals surface area contributed by atoms with E-state index in [1.54, 1.807) is 0 Å². The van der Waals surface area contributed by atoms with Crippen LogP contribution in [0.2, 0.25) is 0 Å². The van der Waals surface area contributed by atoms with Crippen molar-refractivity contribution < 1.29 is 26.3 Å². The van der Waals surface area contributed by atoms with E-state index in [4.69, 9.17) is 0 Å². The maximum absolute atomic E-state index is 11.2. The van der Waals surface area contributed by atoms with Gasteiger partial charge in [0.25, 0.3) is 6.43 Å². The molecule has 0 nitrogen and oxygen atoms in total. The molecule has 0 heterocycles. The van der Waals surface area contributed by atoms with Crippen LogP contribution in [-0.4, -0.2) is 12.6 Å². The minimum atomic E-state index is -5.33. The Labute approximate surface area is 52.1 Å². The van der Waals surface area contributed by atoms with Crippen molar-refractivity contribution in [3.05, 3.63) is 11.9 Å². The molecular weight excluding hydrogens is 162 g/mol. The maximum atomic E-state index is 11.2. The SMILES string of the molecule is F/[C]=C(\C(F)F)C(F)(F)F. The van der Waals surface area contributed by atoms with Gasteiger partial charge in [-0.25, -0.2) is 13.2 Å². The number of hydrogen-bond acceptors (Lipinski definition) is 0. The minimum Gasteiger partial charge on any atom is -0.205 e. The first-order valence-corrected chi connectivity index (χ1v) is 1.98. The summed E-state index contributed by atoms with van der Waals surface area (Å²) in [6.07, 6.45) is -9.32. The number of allylic oxidation sites excluding steroid dienone is 1. The standard InChI is InChI=1S/C4HF6/c5-1-2(3(6)7)4(8,9)10/h3H. The third kappa shape index (κ3) is 2.28. The van der Waals surface area contributed by atoms with Gasteiger partial charge in [0.2, 0.25) is 0 Å². The zero-order valence-electron chi connectivity index (χ0n) is 4.35. The molecule has 0 fully saturated rings. The van der Waals surface area contributed by atoms with Gasteiger partial charge in [-0.3, -0.25) is 0 Å². The van der Waals surface area contributed by atoms with E-state index in [0.29, 0.717) is 0 Å². The second kappa shape index (κ2) is 2.94. The predicted octanol–water partition coefficient (Wildman–Crippen LogP) is 2.47. The van der Waals surface area contributed by atoms with Gasteiger partial charge in [-0.1, -0.05) is 0 Å². The van der Waals surface area contributed by atoms with Gasteiger partial charge in [0.15, 0.2) is 6.33 Å². The summed E-state index contributed by atoms with van der Waals surface area (Å²) >= 11 is 0. The first-order chi connectivity index (χ1) is 4.39. The first-order valence-electron chi connectivity index (χ1n) is 1.98. The fourth-order valence-electron chi connectivity index (χ4n) is 0.219. The molecule has 6 heteroatoms. The third-order valence-corrected chi connectivity index (χ3v) is 0.625. The number of hydrogen-bond donors (Lipinski definition) is 0. The van der Waals surface area contributed by atoms with Crippen molar-refractivity contribution in [2.45, 2.75) is 12.6 Å². The van der Waals surface area contributed by atoms with E-state index in [-0.39, 0.29) is 6.33 Å². The van der Waals surface area contributed by atoms with Gasteiger partial charge < -0.3 is 0 Å². The van der Waals surface area contributed by atoms with Crippen LogP contribution >= 0.6 is 0 Å². The lowest BCUT2D eigenvalue weighted by atomic mass is 10.3. The molecule has 0 bridgehead atoms. The van der Waals surface area contributed by atoms with Crippen LogP contribution in [0.25, 0.3) is 0 Å². The van der Waals surface area contributed by atoms with Crippen molar-refractivity contribution in [1.29, 1.82) is 0 Å². The quantitative estimate of drug-likeness (QED) is 0.521. The Kier molecular flexibility index (Phi) is 2.74. The molecule has 0 aliphatic rings. The Morgan fingerprint density at radius 1 is 1.20 bits per heavy atom. The van der Waals surface area contributed by atoms with Crippen LogP contribution in [0.15, 0.2) is 5.57 Å². The molecule has 0 aliphatic carbocycles. The lowest BCUT2D eigenvalue weighted by Crippen LogP contribution is -2.17. The molecule has 0 N–H and O–H groups in total. The molecule has 0 aromatic rings. The summed E-state index contributed by atoms with van der Waals surface area (Å²) in [6, 6.07) is 0. The molecule has 59 valence electrons. The highest BCUT2D eigenvalue weighted by molar-refractivity contribution is 5.04. The van der Waals surface area contributed by atoms with Crippen molar-refractivity contribution in [1.82, 2.24) is 0 Å². The average Bonchev–Trinajstić information content (AvgIpc) is 1.60. The van der Waals surface area contributed by atoms with Gasteiger partial charge >= 0.3 is 6.18 Å². The second-order valence-corrected chi connectivity index (χ2v) is 1.31. The topological polar surface area (TPSA) is 0 Å². The number of halogens is 6. The van der Waals surface area contributed by atoms with Crippen LogP contribution < -0.4 is 0 Å². The Balaban J connectivity index is 4.40. The zero-order chi connectivity index (χ0) is 8.36. The van der Waals surface area contributed by atoms with Gasteiger partial charge in [0.1, 0.15) is 5.57 Å². The molecule has 0 atom stereocenters. The van der Waals surface area contributed by atoms with Crippen molar-refractivity contribution in [3.8, 4) is 0 Å². The predicted molar refractivity (Wildman–Crippen MR) is 19.9 cm³/mol. The summed E-state index contributed by atoms with van der Waals surface area (Å²) in [5, 5.41) is 0. The monoisotopic (exact) mass is 163 g/mol. The van der Waals surface area contributed by atoms with Crippen LogP contribution in [0.5, 0.6) is 0 Å². The third-order valence-electron chi connectivity index (χ3n) is 0.625. The largest absolute Gasteiger partial charge is 0.421 e. The highest BCUT2D eigenvalue weighted by Gasteiger charge is 2.40. The van der Waals surface area contributed by atoms with Gasteiger partial charge in [0, 0.05) is 0 Å². The molecule has 10 heavy (non-hydrogen) atoms. The van der Waals surface area contributed by atoms with E-state index in [9.17, 15) is 26.3 Å². The van der Waals surface area contributed by atoms with E-state index in [1.165, 1.54) is 0 Å². The Hall–Kier alpha value is -0.680. The van der Waals surface area contributed by atoms with Crippen LogP contribution in [0.4, 0.5) is 26.3 Å². The van der Waals surface area contributed by atoms with Gasteiger partial charge in [-0.2, -0.15) is 13.2 Å². The zero-order valence-corrected chi connectivity index (χ0v) is 4.35. The van der Waals surface area contributed by atoms with Crippen molar-refractivity contribution >= 4 is 0 Å². The molecule has 1 radical (unpaired) electrons. The molecule has 0 saturated carbocycles. The molecular formula is C4HF6. The van der Waals surface area contributed by atoms with Crippen molar-refractivity contribution in [2.24, 2.45) is 0 Å². The summed E-state index contributed by atoms with van der Waals surface area (Å²) in [5.74, 6) is 0. The highest BCUT2D eigenvalue weighted by Crippen LogP contribution is 2.29. The molecule has 0 amide bonds. The lowest BCUT2D eigenvalue weighted by molar-refractivity contribution is -0.110. The van der Waals surface area contributed by atoms with Crippen molar-refractivity contribution in [2.75, 3.05) is 0 Å². The molecule has 0 aromatic heterocycles. The van der Waals surface area contributed by atoms with E-state index in [0.717, 1.165) is 0 Å². The molecule has 0 saturated heterocycles. The summed E-state index contributed by atoms with van der Waals surface area (Å²) in [7, 11) is 0. The van der Waals surface area contributed by atoms with Gasteiger partial charge in [-0.05, 0) is 0 Å². The summed E-state index contributed by atoms with van der Waals surface area (Å²) in [6.45, 7) is 0. The van der Waals surface area contributed by atoms with E-state index in [2.05, 4.69) is 0 Å². The van der Waals surface area contributed by atoms with E-state index >= 15 is 0 Å². The van der Waals surface area contributed by atoms with Gasteiger partial charge in [0.05, 0.1) is 0 Å². The van der Waals surface area contributed by atoms with Crippen LogP contribution in [-0.2, 0) is 0 Å². The number of alkyl halides is 5. The normalized spacial score (nSPS) is 14.5. The van der Waals surface area contributed by atoms with Crippen LogP contribution in [0, 0.1) is 6.33 Å². The smallest absolute Gasteiger partial charge is 0.205 e. The van der Waals surface area contributed by atoms with Crippen LogP contribution in [0.3, 0.4) is 0 Å². The minimum absolute atomic E-state index is 0.117. The summed E-state index contributed by atoms with van der Waals surface area (Å²) < 4.78 is 66.6. The Bertz CT molecular complexity index is 131. The van der Waals surface area contributed by atoms with E-state index < -0.39 is 18.2 Å². The summed E-state index contributed by atoms with van der Waals surface area (Å²) in [4.78, 5) is 0. The van der Waals surface area contributed by atoms with Crippen molar-refractivity contribution in [3.63, 3.8) is 0 Å². The molecule has 0 aromatic carbocycles. The molecule has 0 unspecified atom stereocenters. The highest BCUT2D eigenvalue weighted by atomic mass is 19.4. The van der Waals surface area contributed by atoms with Gasteiger partial charge in [-0.15, -0.1) is 0 Å². The molecule has 0 rings (SSSR count). The van der Waals surface area contributed by atoms with E-state index in [1.807, 2.05) is 0 Å². The lowest BCUT2D eigenvalue weighted by Gasteiger charge is -2.06. The second-order valence-electron chi connectivity index (χ2n) is 1.31. The summed E-state index contributed by atoms with van der Waals surface area (Å²) in [5.41, 5.74) is -2.58. The Morgan fingerprint density at radius 3 is 1.60 bits per heavy atom. The Morgan fingerprint density at radius 2 is 1.60 bits per heavy atom. The number of rotatable bonds is 1. The fourth-order valence-corrected chi connectivity index (χ4v) is 0.219. The first kappa shape index (κ1) is 9.32. The molecule has 0 aliphatic heterocycles.